The number of nitrogens with zero attached hydrogens (tertiary/aromatic N) is 4. The molecule has 2 aromatic carbocycles. The van der Waals surface area contributed by atoms with Crippen molar-refractivity contribution in [3.8, 4) is 22.9 Å². The van der Waals surface area contributed by atoms with E-state index < -0.39 is 12.0 Å². The predicted molar refractivity (Wildman–Crippen MR) is 117 cm³/mol. The number of hydrogen-bond donors (Lipinski definition) is 2. The van der Waals surface area contributed by atoms with Crippen molar-refractivity contribution in [1.82, 2.24) is 19.5 Å². The molecule has 1 atom stereocenters. The molecule has 5 rings (SSSR count). The van der Waals surface area contributed by atoms with Crippen LogP contribution in [0.1, 0.15) is 19.8 Å². The van der Waals surface area contributed by atoms with Gasteiger partial charge in [0.05, 0.1) is 29.4 Å². The number of carbonyl (C=O) groups is 1. The maximum absolute atomic E-state index is 11.4. The van der Waals surface area contributed by atoms with E-state index in [9.17, 15) is 4.79 Å². The Hall–Kier alpha value is -3.88. The molecule has 9 nitrogen and oxygen atoms in total. The quantitative estimate of drug-likeness (QED) is 0.521. The average Bonchev–Trinajstić information content (AvgIpc) is 3.09. The molecule has 0 fully saturated rings. The van der Waals surface area contributed by atoms with Crippen molar-refractivity contribution >= 4 is 33.8 Å². The van der Waals surface area contributed by atoms with E-state index in [0.29, 0.717) is 23.9 Å². The number of nitrogen functional groups attached to an aromatic ring is 1. The standard InChI is InChI=1S/C22H22N6O3/c1-12(21(24)29)31-14-9-17-20-18(10-14)30-7-3-2-6-28(20)22(27-17)13-4-5-15-16(8-13)25-11-19(23)26-15/h4-5,8-12H,2-3,6-7H2,1H3,(H2,23,26)(H2,24,29)/t12-/m0/s1. The molecule has 0 saturated carbocycles. The summed E-state index contributed by atoms with van der Waals surface area (Å²) in [6.45, 7) is 3.03. The molecular formula is C22H22N6O3. The number of carbonyl (C=O) groups excluding carboxylic acids is 1. The van der Waals surface area contributed by atoms with E-state index in [1.165, 1.54) is 0 Å². The SMILES string of the molecule is C[C@H](Oc1cc2c3c(c1)nc(-c1ccc4nc(N)cnc4c1)n3CCCCO2)C(N)=O. The highest BCUT2D eigenvalue weighted by Crippen LogP contribution is 2.37. The smallest absolute Gasteiger partial charge is 0.258 e. The van der Waals surface area contributed by atoms with Gasteiger partial charge in [-0.15, -0.1) is 0 Å². The third kappa shape index (κ3) is 3.48. The molecule has 0 saturated heterocycles. The van der Waals surface area contributed by atoms with E-state index >= 15 is 0 Å². The Morgan fingerprint density at radius 2 is 2.03 bits per heavy atom. The summed E-state index contributed by atoms with van der Waals surface area (Å²) in [6.07, 6.45) is 2.68. The van der Waals surface area contributed by atoms with E-state index in [0.717, 1.165) is 52.8 Å². The van der Waals surface area contributed by atoms with Crippen molar-refractivity contribution in [3.63, 3.8) is 0 Å². The maximum Gasteiger partial charge on any atom is 0.258 e. The summed E-state index contributed by atoms with van der Waals surface area (Å²) >= 11 is 0. The molecule has 0 unspecified atom stereocenters. The second-order valence-corrected chi connectivity index (χ2v) is 7.59. The molecule has 3 heterocycles. The number of imidazole rings is 1. The minimum Gasteiger partial charge on any atom is -0.491 e. The lowest BCUT2D eigenvalue weighted by atomic mass is 10.1. The molecule has 2 aromatic heterocycles. The zero-order chi connectivity index (χ0) is 21.5. The molecule has 31 heavy (non-hydrogen) atoms. The molecule has 0 aliphatic carbocycles. The summed E-state index contributed by atoms with van der Waals surface area (Å²) in [5, 5.41) is 0. The van der Waals surface area contributed by atoms with E-state index in [2.05, 4.69) is 14.5 Å². The zero-order valence-electron chi connectivity index (χ0n) is 17.0. The van der Waals surface area contributed by atoms with Crippen molar-refractivity contribution in [3.05, 3.63) is 36.5 Å². The van der Waals surface area contributed by atoms with Gasteiger partial charge in [0.15, 0.2) is 6.10 Å². The molecule has 158 valence electrons. The highest BCUT2D eigenvalue weighted by Gasteiger charge is 2.21. The number of ether oxygens (including phenoxy) is 2. The van der Waals surface area contributed by atoms with Crippen LogP contribution in [0, 0.1) is 0 Å². The van der Waals surface area contributed by atoms with Crippen molar-refractivity contribution in [2.45, 2.75) is 32.4 Å². The van der Waals surface area contributed by atoms with Crippen molar-refractivity contribution in [2.24, 2.45) is 5.73 Å². The molecule has 4 aromatic rings. The lowest BCUT2D eigenvalue weighted by Crippen LogP contribution is -2.30. The van der Waals surface area contributed by atoms with Gasteiger partial charge in [-0.3, -0.25) is 9.78 Å². The van der Waals surface area contributed by atoms with Gasteiger partial charge < -0.3 is 25.5 Å². The van der Waals surface area contributed by atoms with Crippen LogP contribution in [0.4, 0.5) is 5.82 Å². The summed E-state index contributed by atoms with van der Waals surface area (Å²) < 4.78 is 13.9. The first-order valence-corrected chi connectivity index (χ1v) is 10.2. The third-order valence-electron chi connectivity index (χ3n) is 5.35. The van der Waals surface area contributed by atoms with E-state index in [1.54, 1.807) is 19.2 Å². The first kappa shape index (κ1) is 19.1. The fourth-order valence-corrected chi connectivity index (χ4v) is 3.80. The summed E-state index contributed by atoms with van der Waals surface area (Å²) in [4.78, 5) is 25.0. The fraction of sp³-hybridized carbons (Fsp3) is 0.273. The first-order chi connectivity index (χ1) is 15.0. The second-order valence-electron chi connectivity index (χ2n) is 7.59. The number of fused-ring (bicyclic) bond motifs is 1. The van der Waals surface area contributed by atoms with Crippen LogP contribution >= 0.6 is 0 Å². The lowest BCUT2D eigenvalue weighted by Gasteiger charge is -2.18. The van der Waals surface area contributed by atoms with Crippen LogP contribution in [-0.4, -0.2) is 38.1 Å². The monoisotopic (exact) mass is 418 g/mol. The third-order valence-corrected chi connectivity index (χ3v) is 5.35. The van der Waals surface area contributed by atoms with Crippen LogP contribution in [0.5, 0.6) is 11.5 Å². The Morgan fingerprint density at radius 1 is 1.16 bits per heavy atom. The highest BCUT2D eigenvalue weighted by molar-refractivity contribution is 5.89. The van der Waals surface area contributed by atoms with Crippen LogP contribution in [0.3, 0.4) is 0 Å². The highest BCUT2D eigenvalue weighted by atomic mass is 16.5. The van der Waals surface area contributed by atoms with Crippen LogP contribution in [-0.2, 0) is 11.3 Å². The Labute approximate surface area is 178 Å². The van der Waals surface area contributed by atoms with Gasteiger partial charge in [0.1, 0.15) is 28.7 Å². The van der Waals surface area contributed by atoms with Crippen molar-refractivity contribution in [2.75, 3.05) is 12.3 Å². The lowest BCUT2D eigenvalue weighted by molar-refractivity contribution is -0.123. The van der Waals surface area contributed by atoms with E-state index in [-0.39, 0.29) is 0 Å². The summed E-state index contributed by atoms with van der Waals surface area (Å²) in [7, 11) is 0. The van der Waals surface area contributed by atoms with E-state index in [4.69, 9.17) is 25.9 Å². The number of benzene rings is 2. The van der Waals surface area contributed by atoms with Gasteiger partial charge in [0.2, 0.25) is 0 Å². The largest absolute Gasteiger partial charge is 0.491 e. The van der Waals surface area contributed by atoms with Crippen LogP contribution in [0.25, 0.3) is 33.5 Å². The molecular weight excluding hydrogens is 396 g/mol. The average molecular weight is 418 g/mol. The molecule has 0 bridgehead atoms. The van der Waals surface area contributed by atoms with Gasteiger partial charge in [-0.25, -0.2) is 9.97 Å². The molecule has 0 radical (unpaired) electrons. The maximum atomic E-state index is 11.4. The second kappa shape index (κ2) is 7.42. The minimum atomic E-state index is -0.758. The normalized spacial score (nSPS) is 14.6. The van der Waals surface area contributed by atoms with Gasteiger partial charge in [0, 0.05) is 24.2 Å². The van der Waals surface area contributed by atoms with Gasteiger partial charge in [0.25, 0.3) is 5.91 Å². The molecule has 0 spiro atoms. The number of rotatable bonds is 4. The Kier molecular flexibility index (Phi) is 4.58. The predicted octanol–water partition coefficient (Wildman–Crippen LogP) is 2.65. The van der Waals surface area contributed by atoms with Crippen LogP contribution < -0.4 is 20.9 Å². The molecule has 9 heteroatoms. The van der Waals surface area contributed by atoms with Gasteiger partial charge >= 0.3 is 0 Å². The summed E-state index contributed by atoms with van der Waals surface area (Å²) in [5.41, 5.74) is 15.1. The Balaban J connectivity index is 1.67. The van der Waals surface area contributed by atoms with Gasteiger partial charge in [-0.2, -0.15) is 0 Å². The number of hydrogen-bond acceptors (Lipinski definition) is 7. The van der Waals surface area contributed by atoms with Crippen molar-refractivity contribution in [1.29, 1.82) is 0 Å². The number of nitrogens with two attached hydrogens (primary N) is 2. The molecule has 4 N–H and O–H groups in total. The minimum absolute atomic E-state index is 0.383. The summed E-state index contributed by atoms with van der Waals surface area (Å²) in [6, 6.07) is 9.42. The molecule has 1 aliphatic heterocycles. The zero-order valence-corrected chi connectivity index (χ0v) is 17.0. The molecule has 1 amide bonds. The number of anilines is 1. The van der Waals surface area contributed by atoms with E-state index in [1.807, 2.05) is 24.3 Å². The summed E-state index contributed by atoms with van der Waals surface area (Å²) in [5.74, 6) is 1.82. The topological polar surface area (TPSA) is 131 Å². The Morgan fingerprint density at radius 3 is 2.87 bits per heavy atom. The number of primary amides is 1. The Bertz CT molecular complexity index is 1320. The van der Waals surface area contributed by atoms with Crippen LogP contribution in [0.15, 0.2) is 36.5 Å². The van der Waals surface area contributed by atoms with Crippen molar-refractivity contribution < 1.29 is 14.3 Å². The number of aromatic nitrogens is 4. The van der Waals surface area contributed by atoms with Gasteiger partial charge in [-0.05, 0) is 38.0 Å². The van der Waals surface area contributed by atoms with Crippen LogP contribution in [0.2, 0.25) is 0 Å². The molecule has 1 aliphatic rings. The fourth-order valence-electron chi connectivity index (χ4n) is 3.80. The first-order valence-electron chi connectivity index (χ1n) is 10.2. The van der Waals surface area contributed by atoms with Gasteiger partial charge in [-0.1, -0.05) is 0 Å². The number of amides is 1. The number of aryl methyl sites for hydroxylation is 1.